The maximum atomic E-state index is 11.2. The number of carbonyl (C=O) groups is 1. The van der Waals surface area contributed by atoms with Crippen LogP contribution in [0.25, 0.3) is 0 Å². The maximum Gasteiger partial charge on any atom is 0.268 e. The Morgan fingerprint density at radius 2 is 2.12 bits per heavy atom. The fourth-order valence-corrected chi connectivity index (χ4v) is 1.89. The van der Waals surface area contributed by atoms with Crippen LogP contribution in [0.4, 0.5) is 5.69 Å². The van der Waals surface area contributed by atoms with Gasteiger partial charge in [-0.3, -0.25) is 9.80 Å². The second-order valence-corrected chi connectivity index (χ2v) is 4.41. The zero-order chi connectivity index (χ0) is 11.7. The minimum absolute atomic E-state index is 0.201. The van der Waals surface area contributed by atoms with Crippen molar-refractivity contribution in [3.8, 4) is 0 Å². The number of carbonyl (C=O) groups excluding carboxylic acids is 1. The van der Waals surface area contributed by atoms with Gasteiger partial charge in [0.1, 0.15) is 5.71 Å². The Morgan fingerprint density at radius 3 is 2.75 bits per heavy atom. The molecule has 3 nitrogen and oxygen atoms in total. The first-order chi connectivity index (χ1) is 7.59. The van der Waals surface area contributed by atoms with Crippen molar-refractivity contribution in [2.75, 3.05) is 5.01 Å². The first-order valence-corrected chi connectivity index (χ1v) is 5.62. The number of anilines is 1. The molecule has 0 N–H and O–H groups in total. The molecule has 1 aromatic carbocycles. The number of rotatable bonds is 2. The number of fused-ring (bicyclic) bond motifs is 1. The van der Waals surface area contributed by atoms with Gasteiger partial charge >= 0.3 is 0 Å². The van der Waals surface area contributed by atoms with Crippen molar-refractivity contribution < 1.29 is 4.79 Å². The van der Waals surface area contributed by atoms with Gasteiger partial charge in [0.2, 0.25) is 0 Å². The van der Waals surface area contributed by atoms with Crippen molar-refractivity contribution in [3.05, 3.63) is 29.8 Å². The highest BCUT2D eigenvalue weighted by Crippen LogP contribution is 2.27. The van der Waals surface area contributed by atoms with Crippen LogP contribution in [0.15, 0.2) is 29.4 Å². The lowest BCUT2D eigenvalue weighted by molar-refractivity contribution is -0.106. The summed E-state index contributed by atoms with van der Waals surface area (Å²) >= 11 is 5.50. The number of halogens is 1. The number of hydrogen-bond acceptors (Lipinski definition) is 3. The Hall–Kier alpha value is -1.35. The summed E-state index contributed by atoms with van der Waals surface area (Å²) in [4.78, 5) is 11.2. The molecule has 1 aliphatic heterocycles. The minimum atomic E-state index is -0.472. The molecule has 16 heavy (non-hydrogen) atoms. The lowest BCUT2D eigenvalue weighted by Gasteiger charge is -2.30. The van der Waals surface area contributed by atoms with Gasteiger partial charge in [-0.25, -0.2) is 0 Å². The molecule has 0 atom stereocenters. The molecule has 2 rings (SSSR count). The van der Waals surface area contributed by atoms with Crippen LogP contribution in [-0.4, -0.2) is 17.0 Å². The predicted molar refractivity (Wildman–Crippen MR) is 66.1 cm³/mol. The highest BCUT2D eigenvalue weighted by atomic mass is 35.5. The Balaban J connectivity index is 2.47. The van der Waals surface area contributed by atoms with Gasteiger partial charge in [-0.2, -0.15) is 5.10 Å². The molecule has 0 unspecified atom stereocenters. The number of benzene rings is 1. The summed E-state index contributed by atoms with van der Waals surface area (Å²) in [5, 5.41) is 5.66. The Morgan fingerprint density at radius 1 is 1.44 bits per heavy atom. The molecule has 84 valence electrons. The molecule has 0 saturated carbocycles. The quantitative estimate of drug-likeness (QED) is 0.740. The zero-order valence-electron chi connectivity index (χ0n) is 9.27. The van der Waals surface area contributed by atoms with E-state index in [1.807, 2.05) is 43.1 Å². The van der Waals surface area contributed by atoms with Gasteiger partial charge in [0.15, 0.2) is 0 Å². The molecule has 1 aliphatic rings. The topological polar surface area (TPSA) is 32.7 Å². The largest absolute Gasteiger partial charge is 0.274 e. The van der Waals surface area contributed by atoms with E-state index in [4.69, 9.17) is 11.6 Å². The van der Waals surface area contributed by atoms with Crippen molar-refractivity contribution >= 4 is 28.2 Å². The zero-order valence-corrected chi connectivity index (χ0v) is 10.0. The van der Waals surface area contributed by atoms with Crippen molar-refractivity contribution in [2.24, 2.45) is 5.10 Å². The van der Waals surface area contributed by atoms with E-state index in [9.17, 15) is 4.79 Å². The lowest BCUT2D eigenvalue weighted by Crippen LogP contribution is -2.33. The predicted octanol–water partition coefficient (Wildman–Crippen LogP) is 2.58. The van der Waals surface area contributed by atoms with Gasteiger partial charge in [0, 0.05) is 12.5 Å². The van der Waals surface area contributed by atoms with Crippen molar-refractivity contribution in [1.29, 1.82) is 0 Å². The monoisotopic (exact) mass is 236 g/mol. The van der Waals surface area contributed by atoms with Gasteiger partial charge in [-0.15, -0.1) is 0 Å². The van der Waals surface area contributed by atoms with Crippen LogP contribution < -0.4 is 5.01 Å². The molecule has 1 aromatic rings. The Bertz CT molecular complexity index is 454. The Kier molecular flexibility index (Phi) is 2.97. The number of nitrogens with zero attached hydrogens (tertiary/aromatic N) is 2. The van der Waals surface area contributed by atoms with E-state index in [2.05, 4.69) is 5.10 Å². The smallest absolute Gasteiger partial charge is 0.268 e. The van der Waals surface area contributed by atoms with Gasteiger partial charge in [0.25, 0.3) is 5.24 Å². The first kappa shape index (κ1) is 11.1. The highest BCUT2D eigenvalue weighted by molar-refractivity contribution is 6.82. The normalized spacial score (nSPS) is 14.8. The van der Waals surface area contributed by atoms with Crippen LogP contribution in [0.1, 0.15) is 19.4 Å². The van der Waals surface area contributed by atoms with Crippen molar-refractivity contribution in [3.63, 3.8) is 0 Å². The van der Waals surface area contributed by atoms with E-state index in [0.717, 1.165) is 11.3 Å². The standard InChI is InChI=1S/C12H13ClN2O/c1-8(2)15-11-6-4-3-5-9(11)7-10(14-15)12(13)16/h3-6,8H,7H2,1-2H3. The maximum absolute atomic E-state index is 11.2. The molecule has 0 aromatic heterocycles. The van der Waals surface area contributed by atoms with Crippen LogP contribution >= 0.6 is 11.6 Å². The summed E-state index contributed by atoms with van der Waals surface area (Å²) in [5.41, 5.74) is 2.56. The van der Waals surface area contributed by atoms with E-state index in [0.29, 0.717) is 12.1 Å². The molecule has 4 heteroatoms. The summed E-state index contributed by atoms with van der Waals surface area (Å²) < 4.78 is 0. The summed E-state index contributed by atoms with van der Waals surface area (Å²) in [6.07, 6.45) is 0.516. The molecular weight excluding hydrogens is 224 g/mol. The number of hydrazone groups is 1. The second kappa shape index (κ2) is 4.26. The summed E-state index contributed by atoms with van der Waals surface area (Å²) in [6.45, 7) is 4.06. The molecule has 0 radical (unpaired) electrons. The summed E-state index contributed by atoms with van der Waals surface area (Å²) in [5.74, 6) is 0. The molecule has 0 amide bonds. The summed E-state index contributed by atoms with van der Waals surface area (Å²) in [7, 11) is 0. The fourth-order valence-electron chi connectivity index (χ4n) is 1.79. The summed E-state index contributed by atoms with van der Waals surface area (Å²) in [6, 6.07) is 8.14. The van der Waals surface area contributed by atoms with Crippen molar-refractivity contribution in [2.45, 2.75) is 26.3 Å². The van der Waals surface area contributed by atoms with Gasteiger partial charge < -0.3 is 0 Å². The second-order valence-electron chi connectivity index (χ2n) is 4.06. The van der Waals surface area contributed by atoms with Crippen LogP contribution in [0, 0.1) is 0 Å². The SMILES string of the molecule is CC(C)N1N=C(C(=O)Cl)Cc2ccccc21. The Labute approximate surface area is 99.7 Å². The molecule has 0 fully saturated rings. The average Bonchev–Trinajstić information content (AvgIpc) is 2.27. The van der Waals surface area contributed by atoms with E-state index in [-0.39, 0.29) is 6.04 Å². The van der Waals surface area contributed by atoms with E-state index in [1.54, 1.807) is 0 Å². The van der Waals surface area contributed by atoms with Crippen LogP contribution in [0.3, 0.4) is 0 Å². The number of para-hydroxylation sites is 1. The third-order valence-electron chi connectivity index (χ3n) is 2.54. The third kappa shape index (κ3) is 1.95. The number of hydrogen-bond donors (Lipinski definition) is 0. The first-order valence-electron chi connectivity index (χ1n) is 5.24. The highest BCUT2D eigenvalue weighted by Gasteiger charge is 2.23. The van der Waals surface area contributed by atoms with Crippen LogP contribution in [0.5, 0.6) is 0 Å². The average molecular weight is 237 g/mol. The minimum Gasteiger partial charge on any atom is -0.274 e. The molecule has 0 spiro atoms. The van der Waals surface area contributed by atoms with Gasteiger partial charge in [-0.1, -0.05) is 18.2 Å². The molecular formula is C12H13ClN2O. The molecule has 0 aliphatic carbocycles. The fraction of sp³-hybridized carbons (Fsp3) is 0.333. The van der Waals surface area contributed by atoms with E-state index >= 15 is 0 Å². The van der Waals surface area contributed by atoms with E-state index < -0.39 is 5.24 Å². The van der Waals surface area contributed by atoms with Crippen molar-refractivity contribution in [1.82, 2.24) is 0 Å². The van der Waals surface area contributed by atoms with Gasteiger partial charge in [-0.05, 0) is 37.1 Å². The third-order valence-corrected chi connectivity index (χ3v) is 2.76. The molecule has 0 bridgehead atoms. The van der Waals surface area contributed by atoms with Crippen LogP contribution in [0.2, 0.25) is 0 Å². The molecule has 0 saturated heterocycles. The van der Waals surface area contributed by atoms with Gasteiger partial charge in [0.05, 0.1) is 5.69 Å². The van der Waals surface area contributed by atoms with Crippen LogP contribution in [-0.2, 0) is 11.2 Å². The lowest BCUT2D eigenvalue weighted by atomic mass is 10.0. The van der Waals surface area contributed by atoms with E-state index in [1.165, 1.54) is 0 Å². The molecule has 1 heterocycles.